The normalized spacial score (nSPS) is 11.4. The van der Waals surface area contributed by atoms with Crippen molar-refractivity contribution in [2.24, 2.45) is 4.99 Å². The number of halogens is 1. The van der Waals surface area contributed by atoms with Crippen LogP contribution in [0.5, 0.6) is 0 Å². The number of thioether (sulfide) groups is 1. The monoisotopic (exact) mass is 422 g/mol. The highest BCUT2D eigenvalue weighted by Crippen LogP contribution is 2.28. The second kappa shape index (κ2) is 8.75. The average molecular weight is 423 g/mol. The van der Waals surface area contributed by atoms with Gasteiger partial charge in [0, 0.05) is 17.3 Å². The molecule has 1 unspecified atom stereocenters. The first-order valence-electron chi connectivity index (χ1n) is 7.84. The van der Waals surface area contributed by atoms with Crippen LogP contribution in [0.3, 0.4) is 0 Å². The number of rotatable bonds is 5. The molecule has 0 aliphatic heterocycles. The van der Waals surface area contributed by atoms with E-state index in [1.54, 1.807) is 6.20 Å². The van der Waals surface area contributed by atoms with Gasteiger partial charge in [-0.05, 0) is 22.2 Å². The van der Waals surface area contributed by atoms with Gasteiger partial charge < -0.3 is 0 Å². The van der Waals surface area contributed by atoms with Crippen molar-refractivity contribution in [2.75, 3.05) is 6.26 Å². The number of aromatic nitrogens is 2. The van der Waals surface area contributed by atoms with E-state index in [-0.39, 0.29) is 0 Å². The summed E-state index contributed by atoms with van der Waals surface area (Å²) >= 11 is 4.89. The van der Waals surface area contributed by atoms with E-state index in [1.165, 1.54) is 11.8 Å². The molecule has 4 nitrogen and oxygen atoms in total. The van der Waals surface area contributed by atoms with Gasteiger partial charge in [-0.2, -0.15) is 4.99 Å². The number of nitrogens with zero attached hydrogens (tertiary/aromatic N) is 4. The Morgan fingerprint density at radius 2 is 1.65 bits per heavy atom. The zero-order chi connectivity index (χ0) is 18.4. The molecule has 1 atom stereocenters. The molecule has 0 radical (unpaired) electrons. The van der Waals surface area contributed by atoms with Crippen molar-refractivity contribution >= 4 is 33.4 Å². The van der Waals surface area contributed by atoms with Crippen LogP contribution in [0.4, 0.5) is 0 Å². The van der Waals surface area contributed by atoms with Crippen molar-refractivity contribution in [3.05, 3.63) is 99.6 Å². The highest BCUT2D eigenvalue weighted by Gasteiger charge is 2.23. The van der Waals surface area contributed by atoms with Crippen LogP contribution in [0, 0.1) is 6.57 Å². The smallest absolute Gasteiger partial charge is 0.281 e. The molecule has 3 aromatic rings. The lowest BCUT2D eigenvalue weighted by Crippen LogP contribution is -2.07. The second-order valence-electron chi connectivity index (χ2n) is 5.30. The third kappa shape index (κ3) is 4.18. The number of hydrogen-bond donors (Lipinski definition) is 0. The minimum Gasteiger partial charge on any atom is -0.281 e. The summed E-state index contributed by atoms with van der Waals surface area (Å²) in [6.45, 7) is 7.67. The molecule has 0 amide bonds. The molecule has 0 saturated heterocycles. The summed E-state index contributed by atoms with van der Waals surface area (Å²) in [7, 11) is 0. The molecule has 3 rings (SSSR count). The van der Waals surface area contributed by atoms with Gasteiger partial charge in [-0.25, -0.2) is 16.5 Å². The van der Waals surface area contributed by atoms with E-state index in [0.717, 1.165) is 16.8 Å². The van der Waals surface area contributed by atoms with Crippen molar-refractivity contribution in [3.63, 3.8) is 0 Å². The van der Waals surface area contributed by atoms with Crippen molar-refractivity contribution < 1.29 is 0 Å². The maximum atomic E-state index is 7.67. The quantitative estimate of drug-likeness (QED) is 0.238. The average Bonchev–Trinajstić information content (AvgIpc) is 2.71. The van der Waals surface area contributed by atoms with Gasteiger partial charge in [-0.1, -0.05) is 72.4 Å². The number of benzene rings is 2. The second-order valence-corrected chi connectivity index (χ2v) is 6.93. The van der Waals surface area contributed by atoms with Gasteiger partial charge in [-0.15, -0.1) is 0 Å². The minimum atomic E-state index is -0.756. The van der Waals surface area contributed by atoms with Crippen LogP contribution in [0.25, 0.3) is 4.85 Å². The molecule has 1 heterocycles. The van der Waals surface area contributed by atoms with Crippen LogP contribution < -0.4 is 0 Å². The Kier molecular flexibility index (Phi) is 6.16. The highest BCUT2D eigenvalue weighted by atomic mass is 79.9. The SMILES string of the molecule is [C-]#[N+]C(N=C(c1ccccc1)c1ccccc1)c1nc(SC)ncc1Br. The maximum Gasteiger partial charge on any atom is 0.360 e. The summed E-state index contributed by atoms with van der Waals surface area (Å²) < 4.78 is 0.681. The Hall–Kier alpha value is -2.49. The fourth-order valence-electron chi connectivity index (χ4n) is 2.42. The minimum absolute atomic E-state index is 0.573. The van der Waals surface area contributed by atoms with Crippen LogP contribution in [0.15, 0.2) is 81.5 Å². The lowest BCUT2D eigenvalue weighted by molar-refractivity contribution is 0.795. The molecule has 26 heavy (non-hydrogen) atoms. The van der Waals surface area contributed by atoms with E-state index < -0.39 is 6.17 Å². The zero-order valence-corrected chi connectivity index (χ0v) is 16.4. The Bertz CT molecular complexity index is 911. The molecule has 0 saturated carbocycles. The number of hydrogen-bond acceptors (Lipinski definition) is 4. The predicted molar refractivity (Wildman–Crippen MR) is 109 cm³/mol. The topological polar surface area (TPSA) is 42.5 Å². The van der Waals surface area contributed by atoms with Gasteiger partial charge in [0.05, 0.1) is 10.2 Å². The van der Waals surface area contributed by atoms with Crippen molar-refractivity contribution in [1.82, 2.24) is 9.97 Å². The van der Waals surface area contributed by atoms with Crippen molar-refractivity contribution in [1.29, 1.82) is 0 Å². The van der Waals surface area contributed by atoms with Gasteiger partial charge in [0.2, 0.25) is 0 Å². The van der Waals surface area contributed by atoms with E-state index >= 15 is 0 Å². The summed E-state index contributed by atoms with van der Waals surface area (Å²) in [6, 6.07) is 19.8. The summed E-state index contributed by atoms with van der Waals surface area (Å²) in [4.78, 5) is 17.2. The summed E-state index contributed by atoms with van der Waals surface area (Å²) in [5.74, 6) is 0. The third-order valence-electron chi connectivity index (χ3n) is 3.64. The molecule has 0 N–H and O–H groups in total. The molecule has 1 aromatic heterocycles. The summed E-state index contributed by atoms with van der Waals surface area (Å²) in [5, 5.41) is 0.619. The Morgan fingerprint density at radius 1 is 1.08 bits per heavy atom. The molecule has 0 spiro atoms. The molecule has 2 aromatic carbocycles. The lowest BCUT2D eigenvalue weighted by atomic mass is 10.0. The fraction of sp³-hybridized carbons (Fsp3) is 0.100. The van der Waals surface area contributed by atoms with E-state index in [4.69, 9.17) is 11.6 Å². The molecule has 128 valence electrons. The Morgan fingerprint density at radius 3 is 2.15 bits per heavy atom. The first-order chi connectivity index (χ1) is 12.7. The fourth-order valence-corrected chi connectivity index (χ4v) is 3.17. The van der Waals surface area contributed by atoms with Crippen LogP contribution >= 0.6 is 27.7 Å². The van der Waals surface area contributed by atoms with Crippen LogP contribution in [-0.2, 0) is 0 Å². The van der Waals surface area contributed by atoms with Crippen LogP contribution in [0.1, 0.15) is 23.0 Å². The standard InChI is InChI=1S/C20H15BrN4S/c1-22-19(18-16(21)13-23-20(25-18)26-2)24-17(14-9-5-3-6-10-14)15-11-7-4-8-12-15/h3-13,19H,2H3. The molecule has 0 bridgehead atoms. The largest absolute Gasteiger partial charge is 0.360 e. The van der Waals surface area contributed by atoms with Crippen LogP contribution in [0.2, 0.25) is 0 Å². The number of aliphatic imine (C=N–C) groups is 1. The van der Waals surface area contributed by atoms with Gasteiger partial charge >= 0.3 is 6.17 Å². The molecule has 0 fully saturated rings. The van der Waals surface area contributed by atoms with Crippen LogP contribution in [-0.4, -0.2) is 21.9 Å². The molecular weight excluding hydrogens is 408 g/mol. The van der Waals surface area contributed by atoms with E-state index in [0.29, 0.717) is 15.3 Å². The van der Waals surface area contributed by atoms with Crippen molar-refractivity contribution in [2.45, 2.75) is 11.3 Å². The van der Waals surface area contributed by atoms with Crippen molar-refractivity contribution in [3.8, 4) is 0 Å². The Labute approximate surface area is 165 Å². The van der Waals surface area contributed by atoms with Gasteiger partial charge in [-0.3, -0.25) is 4.85 Å². The van der Waals surface area contributed by atoms with Gasteiger partial charge in [0.1, 0.15) is 0 Å². The third-order valence-corrected chi connectivity index (χ3v) is 4.82. The van der Waals surface area contributed by atoms with E-state index in [1.807, 2.05) is 66.9 Å². The van der Waals surface area contributed by atoms with E-state index in [2.05, 4.69) is 30.7 Å². The Balaban J connectivity index is 2.14. The highest BCUT2D eigenvalue weighted by molar-refractivity contribution is 9.10. The zero-order valence-electron chi connectivity index (χ0n) is 14.0. The predicted octanol–water partition coefficient (Wildman–Crippen LogP) is 5.42. The molecule has 6 heteroatoms. The lowest BCUT2D eigenvalue weighted by Gasteiger charge is -2.10. The first kappa shape index (κ1) is 18.3. The summed E-state index contributed by atoms with van der Waals surface area (Å²) in [5.41, 5.74) is 3.26. The van der Waals surface area contributed by atoms with Gasteiger partial charge in [0.25, 0.3) is 0 Å². The molecular formula is C20H15BrN4S. The molecule has 0 aliphatic carbocycles. The van der Waals surface area contributed by atoms with E-state index in [9.17, 15) is 0 Å². The first-order valence-corrected chi connectivity index (χ1v) is 9.86. The molecule has 0 aliphatic rings. The van der Waals surface area contributed by atoms with Gasteiger partial charge in [0.15, 0.2) is 10.9 Å². The maximum absolute atomic E-state index is 7.67. The summed E-state index contributed by atoms with van der Waals surface area (Å²) in [6.07, 6.45) is 2.82.